The van der Waals surface area contributed by atoms with Crippen molar-refractivity contribution in [3.8, 4) is 5.19 Å². The molecule has 2 rings (SSSR count). The van der Waals surface area contributed by atoms with Gasteiger partial charge in [-0.2, -0.15) is 21.1 Å². The molecule has 1 N–H and O–H groups in total. The molecule has 0 spiro atoms. The van der Waals surface area contributed by atoms with Crippen molar-refractivity contribution < 1.29 is 19.3 Å². The Labute approximate surface area is 266 Å². The fourth-order valence-electron chi connectivity index (χ4n) is 1.56. The number of hydrogen-bond acceptors (Lipinski definition) is 10. The van der Waals surface area contributed by atoms with Gasteiger partial charge in [-0.25, -0.2) is 4.79 Å². The minimum Gasteiger partial charge on any atom is -0.469 e. The molecule has 2 aromatic rings. The van der Waals surface area contributed by atoms with Gasteiger partial charge in [0.15, 0.2) is 5.82 Å². The predicted octanol–water partition coefficient (Wildman–Crippen LogP) is 9.10. The molecule has 38 heavy (non-hydrogen) atoms. The van der Waals surface area contributed by atoms with Gasteiger partial charge in [-0.1, -0.05) is 98.0 Å². The van der Waals surface area contributed by atoms with Crippen LogP contribution in [0.15, 0.2) is 5.16 Å². The van der Waals surface area contributed by atoms with Crippen molar-refractivity contribution in [3.63, 3.8) is 0 Å². The van der Waals surface area contributed by atoms with Gasteiger partial charge in [0.1, 0.15) is 10.0 Å². The smallest absolute Gasteiger partial charge is 0.433 e. The molecule has 0 aliphatic heterocycles. The Balaban J connectivity index is 0.000000543. The normalized spacial score (nSPS) is 11.2. The van der Waals surface area contributed by atoms with Gasteiger partial charge < -0.3 is 10.1 Å². The van der Waals surface area contributed by atoms with E-state index < -0.39 is 20.5 Å². The Morgan fingerprint density at radius 2 is 1.63 bits per heavy atom. The van der Waals surface area contributed by atoms with E-state index in [0.717, 1.165) is 11.5 Å². The Morgan fingerprint density at radius 1 is 1.13 bits per heavy atom. The predicted molar refractivity (Wildman–Crippen MR) is 160 cm³/mol. The highest BCUT2D eigenvalue weighted by Crippen LogP contribution is 2.47. The first-order valence-corrected chi connectivity index (χ1v) is 14.6. The summed E-state index contributed by atoms with van der Waals surface area (Å²) in [4.78, 5) is 28.6. The second-order valence-corrected chi connectivity index (χ2v) is 13.0. The number of carbonyl (C=O) groups excluding carboxylic acids is 1. The van der Waals surface area contributed by atoms with E-state index in [0.29, 0.717) is 11.8 Å². The lowest BCUT2D eigenvalue weighted by atomic mass is 10.2. The molecule has 1 aromatic carbocycles. The second-order valence-electron chi connectivity index (χ2n) is 6.66. The van der Waals surface area contributed by atoms with E-state index in [9.17, 15) is 14.9 Å². The van der Waals surface area contributed by atoms with E-state index in [4.69, 9.17) is 97.5 Å². The van der Waals surface area contributed by atoms with Gasteiger partial charge in [-0.05, 0) is 27.0 Å². The van der Waals surface area contributed by atoms with Crippen LogP contribution >= 0.6 is 116 Å². The minimum atomic E-state index is -1.56. The SMILES string of the molecule is CCOc1nc(C(Cl)(Cl)Cl)ns1.CNC(=O)ON=CC(C)(C)SC.O=[N+]([O-])c1c(Cl)c(Cl)c(Cl)c(Cl)c1Cl. The van der Waals surface area contributed by atoms with E-state index in [-0.39, 0.29) is 35.7 Å². The van der Waals surface area contributed by atoms with Crippen LogP contribution in [0.2, 0.25) is 25.1 Å². The number of hydrogen-bond donors (Lipinski definition) is 1. The van der Waals surface area contributed by atoms with E-state index in [1.54, 1.807) is 18.0 Å². The fraction of sp³-hybridized carbons (Fsp3) is 0.444. The summed E-state index contributed by atoms with van der Waals surface area (Å²) in [6.07, 6.45) is 3.00. The number of rotatable bonds is 6. The summed E-state index contributed by atoms with van der Waals surface area (Å²) in [7, 11) is 1.48. The fourth-order valence-corrected chi connectivity index (χ4v) is 4.02. The standard InChI is InChI=1S/C7H14N2O2S.C6Cl5NO2.C5H5Cl3N2OS/c1-7(2,12-4)5-9-11-6(10)8-3;7-1-2(8)4(10)6(12(13)14)5(11)3(1)9;1-2-11-4-9-3(10-12-4)5(6,7)8/h5H,1-4H3,(H,8,10);;2H2,1H3. The molecule has 0 fully saturated rings. The van der Waals surface area contributed by atoms with Gasteiger partial charge in [-0.3, -0.25) is 15.0 Å². The van der Waals surface area contributed by atoms with Crippen molar-refractivity contribution in [2.24, 2.45) is 5.16 Å². The van der Waals surface area contributed by atoms with E-state index in [1.165, 1.54) is 7.05 Å². The molecule has 214 valence electrons. The maximum absolute atomic E-state index is 10.5. The van der Waals surface area contributed by atoms with Gasteiger partial charge in [0, 0.05) is 23.3 Å². The van der Waals surface area contributed by atoms with Crippen molar-refractivity contribution in [1.29, 1.82) is 0 Å². The third kappa shape index (κ3) is 12.8. The summed E-state index contributed by atoms with van der Waals surface area (Å²) in [6.45, 7) is 6.33. The third-order valence-electron chi connectivity index (χ3n) is 3.53. The average molecular weight is 733 g/mol. The highest BCUT2D eigenvalue weighted by atomic mass is 35.6. The number of ether oxygens (including phenoxy) is 1. The van der Waals surface area contributed by atoms with Crippen LogP contribution in [0.4, 0.5) is 10.5 Å². The van der Waals surface area contributed by atoms with Crippen LogP contribution < -0.4 is 10.1 Å². The van der Waals surface area contributed by atoms with Gasteiger partial charge >= 0.3 is 11.8 Å². The maximum atomic E-state index is 10.5. The zero-order valence-electron chi connectivity index (χ0n) is 20.0. The summed E-state index contributed by atoms with van der Waals surface area (Å²) < 4.78 is 7.20. The number of alkyl halides is 3. The Morgan fingerprint density at radius 3 is 2.00 bits per heavy atom. The molecule has 0 saturated heterocycles. The molecule has 0 bridgehead atoms. The number of amides is 1. The number of nitro benzene ring substituents is 1. The van der Waals surface area contributed by atoms with Crippen molar-refractivity contribution in [2.75, 3.05) is 19.9 Å². The molecular weight excluding hydrogens is 714 g/mol. The van der Waals surface area contributed by atoms with Gasteiger partial charge in [0.2, 0.25) is 0 Å². The summed E-state index contributed by atoms with van der Waals surface area (Å²) in [5.41, 5.74) is -0.548. The molecule has 0 atom stereocenters. The summed E-state index contributed by atoms with van der Waals surface area (Å²) in [5, 5.41) is 15.6. The van der Waals surface area contributed by atoms with Crippen LogP contribution in [0.1, 0.15) is 26.6 Å². The van der Waals surface area contributed by atoms with Gasteiger partial charge in [0.05, 0.1) is 32.8 Å². The number of nitro groups is 1. The van der Waals surface area contributed by atoms with Crippen LogP contribution in [-0.2, 0) is 8.63 Å². The highest BCUT2D eigenvalue weighted by molar-refractivity contribution is 8.00. The molecule has 20 heteroatoms. The molecule has 0 unspecified atom stereocenters. The number of nitrogens with zero attached hydrogens (tertiary/aromatic N) is 4. The van der Waals surface area contributed by atoms with Crippen molar-refractivity contribution in [1.82, 2.24) is 14.7 Å². The first kappa shape index (κ1) is 37.6. The molecule has 1 amide bonds. The zero-order chi connectivity index (χ0) is 29.8. The number of halogens is 8. The third-order valence-corrected chi connectivity index (χ3v) is 8.08. The van der Waals surface area contributed by atoms with Crippen molar-refractivity contribution in [3.05, 3.63) is 41.1 Å². The quantitative estimate of drug-likeness (QED) is 0.0593. The second kappa shape index (κ2) is 17.4. The first-order chi connectivity index (χ1) is 17.4. The maximum Gasteiger partial charge on any atom is 0.433 e. The van der Waals surface area contributed by atoms with Crippen LogP contribution in [0.5, 0.6) is 5.19 Å². The molecule has 1 heterocycles. The highest BCUT2D eigenvalue weighted by Gasteiger charge is 2.29. The van der Waals surface area contributed by atoms with Gasteiger partial charge in [-0.15, -0.1) is 0 Å². The summed E-state index contributed by atoms with van der Waals surface area (Å²) in [6, 6.07) is 0. The summed E-state index contributed by atoms with van der Waals surface area (Å²) in [5.74, 6) is 0.154. The lowest BCUT2D eigenvalue weighted by Gasteiger charge is -2.13. The Hall–Kier alpha value is -0.410. The molecule has 10 nitrogen and oxygen atoms in total. The van der Waals surface area contributed by atoms with E-state index >= 15 is 0 Å². The molecule has 0 aliphatic rings. The minimum absolute atomic E-state index is 0.103. The van der Waals surface area contributed by atoms with Gasteiger partial charge in [0.25, 0.3) is 8.99 Å². The van der Waals surface area contributed by atoms with Crippen molar-refractivity contribution in [2.45, 2.75) is 29.3 Å². The summed E-state index contributed by atoms with van der Waals surface area (Å²) >= 11 is 47.2. The molecule has 1 aromatic heterocycles. The largest absolute Gasteiger partial charge is 0.469 e. The Kier molecular flexibility index (Phi) is 17.2. The lowest BCUT2D eigenvalue weighted by Crippen LogP contribution is -2.19. The molecule has 0 aliphatic carbocycles. The molecule has 0 saturated carbocycles. The molecular formula is C18H19Cl8N5O5S2. The number of thioether (sulfide) groups is 1. The number of carbonyl (C=O) groups is 1. The topological polar surface area (TPSA) is 129 Å². The zero-order valence-corrected chi connectivity index (χ0v) is 27.6. The number of nitrogens with one attached hydrogen (secondary N) is 1. The monoisotopic (exact) mass is 729 g/mol. The average Bonchev–Trinajstić information content (AvgIpc) is 3.32. The Bertz CT molecular complexity index is 1100. The first-order valence-electron chi connectivity index (χ1n) is 9.61. The van der Waals surface area contributed by atoms with Crippen LogP contribution in [0, 0.1) is 10.1 Å². The lowest BCUT2D eigenvalue weighted by molar-refractivity contribution is -0.384. The number of oxime groups is 1. The number of aromatic nitrogens is 2. The van der Waals surface area contributed by atoms with Crippen LogP contribution in [0.3, 0.4) is 0 Å². The molecule has 0 radical (unpaired) electrons. The van der Waals surface area contributed by atoms with Crippen molar-refractivity contribution >= 4 is 134 Å². The van der Waals surface area contributed by atoms with E-state index in [1.807, 2.05) is 27.0 Å². The number of benzene rings is 1. The van der Waals surface area contributed by atoms with Crippen LogP contribution in [-0.4, -0.2) is 51.2 Å². The van der Waals surface area contributed by atoms with Crippen LogP contribution in [0.25, 0.3) is 0 Å². The van der Waals surface area contributed by atoms with E-state index in [2.05, 4.69) is 24.7 Å².